The number of benzene rings is 1. The Balaban J connectivity index is 2.01. The maximum atomic E-state index is 13.1. The second-order valence-electron chi connectivity index (χ2n) is 5.67. The number of nitrogens with zero attached hydrogens (tertiary/aromatic N) is 1. The first-order valence-corrected chi connectivity index (χ1v) is 9.25. The van der Waals surface area contributed by atoms with Crippen LogP contribution in [-0.4, -0.2) is 31.4 Å². The Bertz CT molecular complexity index is 914. The van der Waals surface area contributed by atoms with Gasteiger partial charge in [0.25, 0.3) is 0 Å². The predicted octanol–water partition coefficient (Wildman–Crippen LogP) is 2.71. The highest BCUT2D eigenvalue weighted by atomic mass is 32.2. The summed E-state index contributed by atoms with van der Waals surface area (Å²) >= 11 is 0. The van der Waals surface area contributed by atoms with E-state index in [4.69, 9.17) is 0 Å². The molecule has 1 heterocycles. The highest BCUT2D eigenvalue weighted by molar-refractivity contribution is 7.90. The zero-order chi connectivity index (χ0) is 17.3. The molecule has 4 nitrogen and oxygen atoms in total. The molecule has 0 aliphatic heterocycles. The molecule has 3 rings (SSSR count). The average molecular weight is 345 g/mol. The van der Waals surface area contributed by atoms with Gasteiger partial charge in [-0.2, -0.15) is 0 Å². The molecule has 0 spiro atoms. The van der Waals surface area contributed by atoms with Crippen LogP contribution < -0.4 is 0 Å². The van der Waals surface area contributed by atoms with Gasteiger partial charge in [0.2, 0.25) is 0 Å². The third-order valence-corrected chi connectivity index (χ3v) is 4.96. The molecule has 0 fully saturated rings. The number of halogens is 1. The van der Waals surface area contributed by atoms with Crippen molar-refractivity contribution in [2.45, 2.75) is 4.90 Å². The van der Waals surface area contributed by atoms with E-state index in [-0.39, 0.29) is 23.2 Å². The Hall–Kier alpha value is -2.31. The SMILES string of the molecule is CS(=O)(=O)c1ccc(C2=CC(CO)C=C2c2ccc(F)cc2)nc1. The lowest BCUT2D eigenvalue weighted by molar-refractivity contribution is 0.275. The van der Waals surface area contributed by atoms with Crippen LogP contribution in [0.1, 0.15) is 11.3 Å². The number of aliphatic hydroxyl groups excluding tert-OH is 1. The fourth-order valence-corrected chi connectivity index (χ4v) is 3.18. The summed E-state index contributed by atoms with van der Waals surface area (Å²) < 4.78 is 36.2. The summed E-state index contributed by atoms with van der Waals surface area (Å²) in [5.41, 5.74) is 3.05. The minimum Gasteiger partial charge on any atom is -0.395 e. The molecule has 1 N–H and O–H groups in total. The molecule has 2 aromatic rings. The quantitative estimate of drug-likeness (QED) is 0.925. The number of allylic oxidation sites excluding steroid dienone is 2. The van der Waals surface area contributed by atoms with Gasteiger partial charge in [0.05, 0.1) is 17.2 Å². The van der Waals surface area contributed by atoms with Crippen LogP contribution in [0.2, 0.25) is 0 Å². The van der Waals surface area contributed by atoms with Crippen LogP contribution in [0.4, 0.5) is 4.39 Å². The summed E-state index contributed by atoms with van der Waals surface area (Å²) in [5, 5.41) is 9.44. The average Bonchev–Trinajstić information content (AvgIpc) is 2.99. The first-order chi connectivity index (χ1) is 11.4. The van der Waals surface area contributed by atoms with E-state index in [2.05, 4.69) is 4.98 Å². The monoisotopic (exact) mass is 345 g/mol. The molecule has 0 bridgehead atoms. The Morgan fingerprint density at radius 1 is 1.08 bits per heavy atom. The van der Waals surface area contributed by atoms with E-state index in [1.807, 2.05) is 12.2 Å². The van der Waals surface area contributed by atoms with Crippen molar-refractivity contribution in [3.8, 4) is 0 Å². The largest absolute Gasteiger partial charge is 0.395 e. The van der Waals surface area contributed by atoms with Crippen molar-refractivity contribution in [1.29, 1.82) is 0 Å². The molecule has 124 valence electrons. The molecule has 1 aliphatic carbocycles. The fourth-order valence-electron chi connectivity index (χ4n) is 2.62. The van der Waals surface area contributed by atoms with E-state index in [1.165, 1.54) is 24.4 Å². The summed E-state index contributed by atoms with van der Waals surface area (Å²) in [6, 6.07) is 9.23. The van der Waals surface area contributed by atoms with E-state index < -0.39 is 9.84 Å². The van der Waals surface area contributed by atoms with Gasteiger partial charge in [-0.3, -0.25) is 4.98 Å². The van der Waals surface area contributed by atoms with Gasteiger partial charge >= 0.3 is 0 Å². The van der Waals surface area contributed by atoms with Crippen molar-refractivity contribution in [2.24, 2.45) is 5.92 Å². The molecule has 1 aromatic carbocycles. The van der Waals surface area contributed by atoms with Crippen LogP contribution >= 0.6 is 0 Å². The summed E-state index contributed by atoms with van der Waals surface area (Å²) in [4.78, 5) is 4.39. The van der Waals surface area contributed by atoms with E-state index in [0.29, 0.717) is 5.69 Å². The van der Waals surface area contributed by atoms with Crippen molar-refractivity contribution in [1.82, 2.24) is 4.98 Å². The van der Waals surface area contributed by atoms with E-state index >= 15 is 0 Å². The minimum absolute atomic E-state index is 0.0460. The topological polar surface area (TPSA) is 67.3 Å². The number of hydrogen-bond donors (Lipinski definition) is 1. The fraction of sp³-hybridized carbons (Fsp3) is 0.167. The smallest absolute Gasteiger partial charge is 0.177 e. The lowest BCUT2D eigenvalue weighted by Gasteiger charge is -2.09. The van der Waals surface area contributed by atoms with Crippen molar-refractivity contribution in [3.05, 3.63) is 71.8 Å². The molecule has 0 radical (unpaired) electrons. The van der Waals surface area contributed by atoms with Crippen molar-refractivity contribution in [2.75, 3.05) is 12.9 Å². The Labute approximate surface area is 139 Å². The number of aliphatic hydroxyl groups is 1. The van der Waals surface area contributed by atoms with Crippen LogP contribution in [0.5, 0.6) is 0 Å². The standard InChI is InChI=1S/C18H16FNO3S/c1-24(22,23)15-6-7-18(20-10-15)17-9-12(11-21)8-16(17)13-2-4-14(19)5-3-13/h2-10,12,21H,11H2,1H3. The molecule has 1 aromatic heterocycles. The van der Waals surface area contributed by atoms with E-state index in [0.717, 1.165) is 23.0 Å². The van der Waals surface area contributed by atoms with Crippen molar-refractivity contribution in [3.63, 3.8) is 0 Å². The maximum absolute atomic E-state index is 13.1. The van der Waals surface area contributed by atoms with Gasteiger partial charge in [0, 0.05) is 23.9 Å². The minimum atomic E-state index is -3.31. The van der Waals surface area contributed by atoms with E-state index in [1.54, 1.807) is 18.2 Å². The second-order valence-corrected chi connectivity index (χ2v) is 7.68. The van der Waals surface area contributed by atoms with E-state index in [9.17, 15) is 17.9 Å². The second kappa shape index (κ2) is 6.30. The maximum Gasteiger partial charge on any atom is 0.177 e. The zero-order valence-corrected chi connectivity index (χ0v) is 13.8. The molecule has 1 atom stereocenters. The predicted molar refractivity (Wildman–Crippen MR) is 90.3 cm³/mol. The van der Waals surface area contributed by atoms with Crippen LogP contribution in [0.15, 0.2) is 59.6 Å². The Morgan fingerprint density at radius 2 is 1.75 bits per heavy atom. The number of hydrogen-bond acceptors (Lipinski definition) is 4. The number of sulfone groups is 1. The Morgan fingerprint density at radius 3 is 2.29 bits per heavy atom. The number of pyridine rings is 1. The first kappa shape index (κ1) is 16.5. The molecule has 24 heavy (non-hydrogen) atoms. The van der Waals surface area contributed by atoms with Gasteiger partial charge in [-0.15, -0.1) is 0 Å². The van der Waals surface area contributed by atoms with Gasteiger partial charge < -0.3 is 5.11 Å². The summed E-state index contributed by atoms with van der Waals surface area (Å²) in [6.07, 6.45) is 6.22. The van der Waals surface area contributed by atoms with Gasteiger partial charge in [0.1, 0.15) is 5.82 Å². The molecule has 0 saturated carbocycles. The third kappa shape index (κ3) is 3.29. The van der Waals surface area contributed by atoms with Crippen LogP contribution in [-0.2, 0) is 9.84 Å². The lowest BCUT2D eigenvalue weighted by atomic mass is 9.98. The van der Waals surface area contributed by atoms with Crippen LogP contribution in [0.25, 0.3) is 11.1 Å². The molecule has 1 unspecified atom stereocenters. The van der Waals surface area contributed by atoms with Crippen LogP contribution in [0.3, 0.4) is 0 Å². The van der Waals surface area contributed by atoms with Crippen molar-refractivity contribution >= 4 is 21.0 Å². The highest BCUT2D eigenvalue weighted by Crippen LogP contribution is 2.37. The number of aromatic nitrogens is 1. The highest BCUT2D eigenvalue weighted by Gasteiger charge is 2.21. The lowest BCUT2D eigenvalue weighted by Crippen LogP contribution is -1.99. The summed E-state index contributed by atoms with van der Waals surface area (Å²) in [5.74, 6) is -0.478. The molecule has 0 saturated heterocycles. The van der Waals surface area contributed by atoms with Crippen LogP contribution in [0, 0.1) is 11.7 Å². The first-order valence-electron chi connectivity index (χ1n) is 7.36. The molecule has 6 heteroatoms. The van der Waals surface area contributed by atoms with Crippen molar-refractivity contribution < 1.29 is 17.9 Å². The summed E-state index contributed by atoms with van der Waals surface area (Å²) in [6.45, 7) is -0.0460. The Kier molecular flexibility index (Phi) is 4.34. The van der Waals surface area contributed by atoms with Gasteiger partial charge in [-0.25, -0.2) is 12.8 Å². The molecular weight excluding hydrogens is 329 g/mol. The molecule has 1 aliphatic rings. The third-order valence-electron chi connectivity index (χ3n) is 3.86. The molecule has 0 amide bonds. The van der Waals surface area contributed by atoms with Gasteiger partial charge in [0.15, 0.2) is 9.84 Å². The van der Waals surface area contributed by atoms with Gasteiger partial charge in [-0.05, 0) is 35.4 Å². The summed E-state index contributed by atoms with van der Waals surface area (Å²) in [7, 11) is -3.31. The zero-order valence-electron chi connectivity index (χ0n) is 13.0. The van der Waals surface area contributed by atoms with Gasteiger partial charge in [-0.1, -0.05) is 24.3 Å². The molecular formula is C18H16FNO3S. The number of rotatable bonds is 4. The normalized spacial score (nSPS) is 17.5.